The molecule has 25 heavy (non-hydrogen) atoms. The van der Waals surface area contributed by atoms with Gasteiger partial charge in [0, 0.05) is 37.6 Å². The first-order chi connectivity index (χ1) is 12.0. The van der Waals surface area contributed by atoms with Crippen LogP contribution in [0, 0.1) is 5.92 Å². The molecule has 1 unspecified atom stereocenters. The van der Waals surface area contributed by atoms with Crippen molar-refractivity contribution in [2.75, 3.05) is 32.7 Å². The number of carbonyl (C=O) groups excluding carboxylic acids is 2. The van der Waals surface area contributed by atoms with Gasteiger partial charge in [-0.3, -0.25) is 9.59 Å². The van der Waals surface area contributed by atoms with Gasteiger partial charge in [-0.1, -0.05) is 37.6 Å². The second kappa shape index (κ2) is 9.78. The Morgan fingerprint density at radius 2 is 1.96 bits per heavy atom. The highest BCUT2D eigenvalue weighted by atomic mass is 35.5. The first-order valence-electron chi connectivity index (χ1n) is 9.05. The van der Waals surface area contributed by atoms with Crippen LogP contribution in [0.1, 0.15) is 32.3 Å². The number of benzene rings is 1. The fraction of sp³-hybridized carbons (Fsp3) is 0.579. The van der Waals surface area contributed by atoms with Crippen molar-refractivity contribution in [1.29, 1.82) is 0 Å². The quantitative estimate of drug-likeness (QED) is 0.770. The van der Waals surface area contributed by atoms with E-state index in [0.717, 1.165) is 25.2 Å². The van der Waals surface area contributed by atoms with Crippen LogP contribution in [0.3, 0.4) is 0 Å². The van der Waals surface area contributed by atoms with Crippen LogP contribution in [-0.2, 0) is 16.1 Å². The van der Waals surface area contributed by atoms with Crippen LogP contribution in [0.4, 0.5) is 0 Å². The zero-order chi connectivity index (χ0) is 18.2. The second-order valence-corrected chi connectivity index (χ2v) is 6.89. The zero-order valence-corrected chi connectivity index (χ0v) is 15.9. The zero-order valence-electron chi connectivity index (χ0n) is 15.1. The standard InChI is InChI=1S/C19H28ClN3O2/c1-3-22(4-2)12-11-21-19(25)16-7-10-18(24)23(14-16)13-15-5-8-17(20)9-6-15/h5-6,8-9,16H,3-4,7,10-14H2,1-2H3,(H,21,25). The summed E-state index contributed by atoms with van der Waals surface area (Å²) < 4.78 is 0. The summed E-state index contributed by atoms with van der Waals surface area (Å²) in [4.78, 5) is 28.7. The second-order valence-electron chi connectivity index (χ2n) is 6.45. The van der Waals surface area contributed by atoms with Gasteiger partial charge >= 0.3 is 0 Å². The Kier molecular flexibility index (Phi) is 7.72. The lowest BCUT2D eigenvalue weighted by atomic mass is 9.96. The van der Waals surface area contributed by atoms with E-state index in [-0.39, 0.29) is 17.7 Å². The van der Waals surface area contributed by atoms with E-state index in [0.29, 0.717) is 37.5 Å². The van der Waals surface area contributed by atoms with Crippen LogP contribution in [0.15, 0.2) is 24.3 Å². The van der Waals surface area contributed by atoms with Crippen LogP contribution >= 0.6 is 11.6 Å². The van der Waals surface area contributed by atoms with Gasteiger partial charge in [-0.25, -0.2) is 0 Å². The van der Waals surface area contributed by atoms with Gasteiger partial charge in [-0.2, -0.15) is 0 Å². The van der Waals surface area contributed by atoms with Crippen LogP contribution in [0.2, 0.25) is 5.02 Å². The minimum absolute atomic E-state index is 0.0563. The van der Waals surface area contributed by atoms with Crippen molar-refractivity contribution >= 4 is 23.4 Å². The largest absolute Gasteiger partial charge is 0.355 e. The smallest absolute Gasteiger partial charge is 0.224 e. The topological polar surface area (TPSA) is 52.7 Å². The number of rotatable bonds is 8. The van der Waals surface area contributed by atoms with Crippen molar-refractivity contribution < 1.29 is 9.59 Å². The summed E-state index contributed by atoms with van der Waals surface area (Å²) in [6.45, 7) is 8.73. The molecular weight excluding hydrogens is 338 g/mol. The lowest BCUT2D eigenvalue weighted by Gasteiger charge is -2.32. The first-order valence-corrected chi connectivity index (χ1v) is 9.43. The minimum Gasteiger partial charge on any atom is -0.355 e. The summed E-state index contributed by atoms with van der Waals surface area (Å²) in [5.74, 6) is 0.0459. The predicted molar refractivity (Wildman–Crippen MR) is 100 cm³/mol. The van der Waals surface area contributed by atoms with Crippen LogP contribution in [0.25, 0.3) is 0 Å². The van der Waals surface area contributed by atoms with E-state index in [2.05, 4.69) is 24.1 Å². The van der Waals surface area contributed by atoms with Crippen molar-refractivity contribution in [1.82, 2.24) is 15.1 Å². The van der Waals surface area contributed by atoms with Crippen molar-refractivity contribution in [2.24, 2.45) is 5.92 Å². The third-order valence-electron chi connectivity index (χ3n) is 4.78. The molecular formula is C19H28ClN3O2. The van der Waals surface area contributed by atoms with E-state index in [4.69, 9.17) is 11.6 Å². The Bertz CT molecular complexity index is 573. The molecule has 1 aliphatic heterocycles. The predicted octanol–water partition coefficient (Wildman–Crippen LogP) is 2.54. The van der Waals surface area contributed by atoms with Crippen LogP contribution in [-0.4, -0.2) is 54.3 Å². The average molecular weight is 366 g/mol. The van der Waals surface area contributed by atoms with E-state index in [1.165, 1.54) is 0 Å². The molecule has 1 N–H and O–H groups in total. The molecule has 1 fully saturated rings. The summed E-state index contributed by atoms with van der Waals surface area (Å²) in [7, 11) is 0. The molecule has 0 aliphatic carbocycles. The molecule has 1 aromatic carbocycles. The van der Waals surface area contributed by atoms with Crippen molar-refractivity contribution in [2.45, 2.75) is 33.2 Å². The highest BCUT2D eigenvalue weighted by Crippen LogP contribution is 2.20. The molecule has 1 aliphatic rings. The number of nitrogens with one attached hydrogen (secondary N) is 1. The lowest BCUT2D eigenvalue weighted by molar-refractivity contribution is -0.138. The normalized spacial score (nSPS) is 17.8. The number of halogens is 1. The molecule has 0 radical (unpaired) electrons. The summed E-state index contributed by atoms with van der Waals surface area (Å²) >= 11 is 5.90. The van der Waals surface area contributed by atoms with Crippen molar-refractivity contribution in [3.63, 3.8) is 0 Å². The fourth-order valence-corrected chi connectivity index (χ4v) is 3.24. The maximum atomic E-state index is 12.4. The Labute approximate surface area is 155 Å². The highest BCUT2D eigenvalue weighted by Gasteiger charge is 2.30. The van der Waals surface area contributed by atoms with E-state index < -0.39 is 0 Å². The van der Waals surface area contributed by atoms with E-state index in [9.17, 15) is 9.59 Å². The molecule has 138 valence electrons. The summed E-state index contributed by atoms with van der Waals surface area (Å²) in [6.07, 6.45) is 1.06. The summed E-state index contributed by atoms with van der Waals surface area (Å²) in [5, 5.41) is 3.70. The van der Waals surface area contributed by atoms with Crippen molar-refractivity contribution in [3.05, 3.63) is 34.9 Å². The third-order valence-corrected chi connectivity index (χ3v) is 5.03. The molecule has 6 heteroatoms. The molecule has 1 heterocycles. The van der Waals surface area contributed by atoms with Gasteiger partial charge in [0.15, 0.2) is 0 Å². The van der Waals surface area contributed by atoms with Gasteiger partial charge in [0.05, 0.1) is 5.92 Å². The van der Waals surface area contributed by atoms with Crippen LogP contribution < -0.4 is 5.32 Å². The number of piperidine rings is 1. The molecule has 0 aromatic heterocycles. The maximum Gasteiger partial charge on any atom is 0.224 e. The summed E-state index contributed by atoms with van der Waals surface area (Å²) in [5.41, 5.74) is 1.03. The fourth-order valence-electron chi connectivity index (χ4n) is 3.11. The number of nitrogens with zero attached hydrogens (tertiary/aromatic N) is 2. The molecule has 0 saturated carbocycles. The van der Waals surface area contributed by atoms with Crippen LogP contribution in [0.5, 0.6) is 0 Å². The number of likely N-dealkylation sites (tertiary alicyclic amines) is 1. The Hall–Kier alpha value is -1.59. The van der Waals surface area contributed by atoms with E-state index >= 15 is 0 Å². The Balaban J connectivity index is 1.85. The third kappa shape index (κ3) is 6.01. The number of hydrogen-bond acceptors (Lipinski definition) is 3. The van der Waals surface area contributed by atoms with Gasteiger partial charge in [-0.05, 0) is 37.2 Å². The van der Waals surface area contributed by atoms with Gasteiger partial charge in [0.25, 0.3) is 0 Å². The Morgan fingerprint density at radius 3 is 2.60 bits per heavy atom. The molecule has 1 atom stereocenters. The van der Waals surface area contributed by atoms with E-state index in [1.54, 1.807) is 4.90 Å². The minimum atomic E-state index is -0.123. The van der Waals surface area contributed by atoms with Crippen molar-refractivity contribution in [3.8, 4) is 0 Å². The molecule has 0 bridgehead atoms. The molecule has 2 rings (SSSR count). The SMILES string of the molecule is CCN(CC)CCNC(=O)C1CCC(=O)N(Cc2ccc(Cl)cc2)C1. The van der Waals surface area contributed by atoms with Gasteiger partial charge < -0.3 is 15.1 Å². The van der Waals surface area contributed by atoms with Gasteiger partial charge in [0.2, 0.25) is 11.8 Å². The van der Waals surface area contributed by atoms with Gasteiger partial charge in [-0.15, -0.1) is 0 Å². The lowest BCUT2D eigenvalue weighted by Crippen LogP contribution is -2.46. The Morgan fingerprint density at radius 1 is 1.28 bits per heavy atom. The molecule has 1 saturated heterocycles. The maximum absolute atomic E-state index is 12.4. The number of amides is 2. The van der Waals surface area contributed by atoms with Gasteiger partial charge in [0.1, 0.15) is 0 Å². The first kappa shape index (κ1) is 19.7. The number of carbonyl (C=O) groups is 2. The molecule has 1 aromatic rings. The summed E-state index contributed by atoms with van der Waals surface area (Å²) in [6, 6.07) is 7.48. The number of likely N-dealkylation sites (N-methyl/N-ethyl adjacent to an activating group) is 1. The highest BCUT2D eigenvalue weighted by molar-refractivity contribution is 6.30. The molecule has 0 spiro atoms. The molecule has 2 amide bonds. The monoisotopic (exact) mass is 365 g/mol. The average Bonchev–Trinajstić information content (AvgIpc) is 2.62. The van der Waals surface area contributed by atoms with E-state index in [1.807, 2.05) is 24.3 Å². The molecule has 5 nitrogen and oxygen atoms in total. The number of hydrogen-bond donors (Lipinski definition) is 1.